The Bertz CT molecular complexity index is 7690. The fourth-order valence-electron chi connectivity index (χ4n) is 15.9. The average Bonchev–Trinajstić information content (AvgIpc) is 0.782. The van der Waals surface area contributed by atoms with Crippen molar-refractivity contribution in [2.75, 3.05) is 0 Å². The SMILES string of the molecule is c1ccc2cc(-c3ccc(-c4nc(-c5ccc6cnccc6c5)nc(-c5ccc6cnccc6c5)n4)cc3)ncc2c1.c1cnc2cc(-c3nc(-c4ccc(-c5nccc6ccccc56)cc4)nc(-c4ccc5cccnc5c4)n3)ccc2c1.c1cnc2ccc(-c3nc(-c4ccc(-c5ccnc6ccccc56)cc4)nc(-c4ccc5cccnc5c4)n3)cc2c1. The number of hydrogen-bond acceptors (Lipinski definition) is 18. The first-order chi connectivity index (χ1) is 62.3. The number of benzene rings is 12. The van der Waals surface area contributed by atoms with Gasteiger partial charge < -0.3 is 0 Å². The van der Waals surface area contributed by atoms with Crippen molar-refractivity contribution in [1.82, 2.24) is 89.7 Å². The maximum Gasteiger partial charge on any atom is 0.164 e. The van der Waals surface area contributed by atoms with E-state index in [-0.39, 0.29) is 0 Å². The Labute approximate surface area is 720 Å². The second-order valence-electron chi connectivity index (χ2n) is 30.3. The second-order valence-corrected chi connectivity index (χ2v) is 30.3. The zero-order valence-corrected chi connectivity index (χ0v) is 67.2. The smallest absolute Gasteiger partial charge is 0.164 e. The first kappa shape index (κ1) is 74.6. The van der Waals surface area contributed by atoms with Crippen molar-refractivity contribution >= 4 is 97.6 Å². The summed E-state index contributed by atoms with van der Waals surface area (Å²) in [4.78, 5) is 84.9. The van der Waals surface area contributed by atoms with Crippen LogP contribution in [0.15, 0.2) is 402 Å². The van der Waals surface area contributed by atoms with E-state index in [0.717, 1.165) is 181 Å². The number of hydrogen-bond donors (Lipinski definition) is 0. The number of nitrogens with zero attached hydrogens (tertiary/aromatic N) is 18. The minimum absolute atomic E-state index is 0.587. The lowest BCUT2D eigenvalue weighted by Crippen LogP contribution is -2.00. The molecule has 0 amide bonds. The largest absolute Gasteiger partial charge is 0.264 e. The molecule has 0 unspecified atom stereocenters. The van der Waals surface area contributed by atoms with Gasteiger partial charge in [0, 0.05) is 178 Å². The van der Waals surface area contributed by atoms with Gasteiger partial charge in [0.05, 0.1) is 39.0 Å². The van der Waals surface area contributed by atoms with E-state index < -0.39 is 0 Å². The average molecular weight is 1620 g/mol. The molecule has 0 N–H and O–H groups in total. The Morgan fingerprint density at radius 3 is 0.992 bits per heavy atom. The molecule has 18 heteroatoms. The van der Waals surface area contributed by atoms with Crippen LogP contribution in [0.1, 0.15) is 0 Å². The predicted octanol–water partition coefficient (Wildman–Crippen LogP) is 24.6. The molecule has 588 valence electrons. The fraction of sp³-hybridized carbons (Fsp3) is 0. The van der Waals surface area contributed by atoms with Crippen LogP contribution in [0, 0.1) is 0 Å². The topological polar surface area (TPSA) is 232 Å². The van der Waals surface area contributed by atoms with E-state index in [1.165, 1.54) is 0 Å². The van der Waals surface area contributed by atoms with Gasteiger partial charge >= 0.3 is 0 Å². The number of pyridine rings is 9. The maximum atomic E-state index is 4.95. The molecule has 24 rings (SSSR count). The molecule has 0 aliphatic heterocycles. The molecule has 0 bridgehead atoms. The molecule has 0 spiro atoms. The summed E-state index contributed by atoms with van der Waals surface area (Å²) in [5.74, 6) is 5.41. The highest BCUT2D eigenvalue weighted by Crippen LogP contribution is 2.37. The van der Waals surface area contributed by atoms with Crippen molar-refractivity contribution in [2.24, 2.45) is 0 Å². The molecule has 0 aliphatic rings. The van der Waals surface area contributed by atoms with E-state index in [0.29, 0.717) is 52.4 Å². The van der Waals surface area contributed by atoms with E-state index in [9.17, 15) is 0 Å². The third-order valence-electron chi connectivity index (χ3n) is 22.4. The van der Waals surface area contributed by atoms with Gasteiger partial charge in [-0.15, -0.1) is 0 Å². The monoisotopic (exact) mass is 1610 g/mol. The molecule has 0 saturated carbocycles. The summed E-state index contributed by atoms with van der Waals surface area (Å²) in [6.45, 7) is 0. The number of rotatable bonds is 12. The molecular weight excluding hydrogens is 1550 g/mol. The zero-order valence-electron chi connectivity index (χ0n) is 67.2. The highest BCUT2D eigenvalue weighted by molar-refractivity contribution is 5.97. The first-order valence-corrected chi connectivity index (χ1v) is 41.1. The van der Waals surface area contributed by atoms with E-state index in [4.69, 9.17) is 44.9 Å². The van der Waals surface area contributed by atoms with Crippen LogP contribution in [0.2, 0.25) is 0 Å². The van der Waals surface area contributed by atoms with Gasteiger partial charge in [-0.2, -0.15) is 0 Å². The quantitative estimate of drug-likeness (QED) is 0.111. The first-order valence-electron chi connectivity index (χ1n) is 41.1. The van der Waals surface area contributed by atoms with Gasteiger partial charge in [0.2, 0.25) is 0 Å². The van der Waals surface area contributed by atoms with E-state index in [1.807, 2.05) is 237 Å². The number of para-hydroxylation sites is 1. The van der Waals surface area contributed by atoms with Gasteiger partial charge in [-0.1, -0.05) is 224 Å². The lowest BCUT2D eigenvalue weighted by Gasteiger charge is -2.10. The summed E-state index contributed by atoms with van der Waals surface area (Å²) in [5, 5.41) is 14.2. The van der Waals surface area contributed by atoms with Gasteiger partial charge in [0.1, 0.15) is 0 Å². The van der Waals surface area contributed by atoms with Crippen molar-refractivity contribution in [3.63, 3.8) is 0 Å². The Balaban J connectivity index is 0.000000112. The number of aromatic nitrogens is 18. The van der Waals surface area contributed by atoms with Crippen molar-refractivity contribution in [3.05, 3.63) is 402 Å². The van der Waals surface area contributed by atoms with Gasteiger partial charge in [-0.3, -0.25) is 44.9 Å². The van der Waals surface area contributed by atoms with Crippen LogP contribution in [-0.2, 0) is 0 Å². The van der Waals surface area contributed by atoms with Crippen LogP contribution in [0.5, 0.6) is 0 Å². The summed E-state index contributed by atoms with van der Waals surface area (Å²) in [7, 11) is 0. The van der Waals surface area contributed by atoms with Crippen LogP contribution < -0.4 is 0 Å². The van der Waals surface area contributed by atoms with Crippen LogP contribution >= 0.6 is 0 Å². The Morgan fingerprint density at radius 1 is 0.151 bits per heavy atom. The molecule has 24 aromatic rings. The minimum Gasteiger partial charge on any atom is -0.264 e. The normalized spacial score (nSPS) is 11.3. The zero-order chi connectivity index (χ0) is 83.6. The van der Waals surface area contributed by atoms with Crippen molar-refractivity contribution < 1.29 is 0 Å². The van der Waals surface area contributed by atoms with Gasteiger partial charge in [0.15, 0.2) is 52.4 Å². The highest BCUT2D eigenvalue weighted by atomic mass is 15.1. The van der Waals surface area contributed by atoms with Gasteiger partial charge in [-0.05, 0) is 142 Å². The van der Waals surface area contributed by atoms with E-state index >= 15 is 0 Å². The second kappa shape index (κ2) is 32.8. The third-order valence-corrected chi connectivity index (χ3v) is 22.4. The van der Waals surface area contributed by atoms with E-state index in [1.54, 1.807) is 37.2 Å². The van der Waals surface area contributed by atoms with Gasteiger partial charge in [-0.25, -0.2) is 44.9 Å². The molecule has 0 atom stereocenters. The predicted molar refractivity (Wildman–Crippen MR) is 502 cm³/mol. The summed E-state index contributed by atoms with van der Waals surface area (Å²) < 4.78 is 0. The molecule has 12 heterocycles. The molecule has 0 saturated heterocycles. The molecule has 18 nitrogen and oxygen atoms in total. The summed E-state index contributed by atoms with van der Waals surface area (Å²) in [5.41, 5.74) is 18.8. The highest BCUT2D eigenvalue weighted by Gasteiger charge is 2.20. The summed E-state index contributed by atoms with van der Waals surface area (Å²) in [6, 6.07) is 113. The minimum atomic E-state index is 0.587. The van der Waals surface area contributed by atoms with Crippen LogP contribution in [-0.4, -0.2) is 89.7 Å². The lowest BCUT2D eigenvalue weighted by molar-refractivity contribution is 1.07. The molecule has 126 heavy (non-hydrogen) atoms. The van der Waals surface area contributed by atoms with Crippen molar-refractivity contribution in [3.8, 4) is 136 Å². The Kier molecular flexibility index (Phi) is 19.4. The van der Waals surface area contributed by atoms with Crippen LogP contribution in [0.3, 0.4) is 0 Å². The lowest BCUT2D eigenvalue weighted by atomic mass is 10.00. The fourth-order valence-corrected chi connectivity index (χ4v) is 15.9. The molecule has 0 radical (unpaired) electrons. The summed E-state index contributed by atoms with van der Waals surface area (Å²) >= 11 is 0. The van der Waals surface area contributed by atoms with E-state index in [2.05, 4.69) is 172 Å². The molecule has 0 aliphatic carbocycles. The van der Waals surface area contributed by atoms with Gasteiger partial charge in [0.25, 0.3) is 0 Å². The Hall–Kier alpha value is -17.6. The number of fused-ring (bicyclic) bond motifs is 9. The van der Waals surface area contributed by atoms with Crippen molar-refractivity contribution in [2.45, 2.75) is 0 Å². The molecule has 12 aromatic heterocycles. The van der Waals surface area contributed by atoms with Crippen LogP contribution in [0.25, 0.3) is 234 Å². The molecular formula is C108H66N18. The Morgan fingerprint density at radius 2 is 0.484 bits per heavy atom. The molecule has 12 aromatic carbocycles. The van der Waals surface area contributed by atoms with Crippen LogP contribution in [0.4, 0.5) is 0 Å². The summed E-state index contributed by atoms with van der Waals surface area (Å²) in [6.07, 6.45) is 20.1. The standard InChI is InChI=1S/3C36H22N6/c1-2-8-32-30(7-1)29(17-20-39-32)23-9-12-25(13-10-23)34-40-35(27-15-16-31-26(21-27)6-4-18-37-31)42-36(41-34)28-14-11-24-5-3-19-38-33(24)22-28;1-2-8-30-23(5-1)17-20-39-33(30)26-11-13-27(14-12-26)34-40-35(28-15-9-24-6-3-18-37-31(24)21-28)42-36(41-34)29-16-10-25-7-4-19-38-32(25)22-29;1-2-4-30-22-39-33(19-25(30)3-1)23-5-7-24(8-6-23)34-40-35(28-9-11-31-20-37-15-13-26(31)17-28)42-36(41-34)29-10-12-32-21-38-16-14-27(32)18-29/h3*1-22H. The maximum absolute atomic E-state index is 4.95. The third kappa shape index (κ3) is 15.2. The molecule has 0 fully saturated rings. The van der Waals surface area contributed by atoms with Crippen molar-refractivity contribution in [1.29, 1.82) is 0 Å².